The van der Waals surface area contributed by atoms with E-state index in [2.05, 4.69) is 4.72 Å². The number of hydrogen-bond donors (Lipinski definition) is 1. The van der Waals surface area contributed by atoms with E-state index in [9.17, 15) is 8.42 Å². The van der Waals surface area contributed by atoms with E-state index in [1.165, 1.54) is 0 Å². The molecule has 1 N–H and O–H groups in total. The molecule has 0 radical (unpaired) electrons. The Bertz CT molecular complexity index is 1560. The van der Waals surface area contributed by atoms with Gasteiger partial charge in [0.05, 0.1) is 16.1 Å². The first-order chi connectivity index (χ1) is 16.9. The van der Waals surface area contributed by atoms with Gasteiger partial charge in [-0.05, 0) is 48.9 Å². The highest BCUT2D eigenvalue weighted by Gasteiger charge is 2.26. The first-order valence-corrected chi connectivity index (χ1v) is 12.9. The van der Waals surface area contributed by atoms with E-state index in [4.69, 9.17) is 16.7 Å². The van der Waals surface area contributed by atoms with Crippen molar-refractivity contribution in [1.82, 2.24) is 9.78 Å². The predicted octanol–water partition coefficient (Wildman–Crippen LogP) is 6.97. The third kappa shape index (κ3) is 4.71. The molecular weight excluding hydrogens is 478 g/mol. The van der Waals surface area contributed by atoms with Crippen LogP contribution in [0.25, 0.3) is 28.1 Å². The standard InChI is InChI=1S/C28H22ClN3O2S/c1-20-12-18-25(19-13-20)35(33,34)31-28-26(21-8-4-2-5-9-21)27(22-10-6-3-7-11-22)30-32(28)24-16-14-23(29)15-17-24/h2-19,31H,1H3. The number of aryl methyl sites for hydroxylation is 1. The average molecular weight is 500 g/mol. The highest BCUT2D eigenvalue weighted by molar-refractivity contribution is 7.92. The largest absolute Gasteiger partial charge is 0.263 e. The van der Waals surface area contributed by atoms with E-state index in [0.717, 1.165) is 16.7 Å². The first-order valence-electron chi connectivity index (χ1n) is 11.0. The molecule has 0 unspecified atom stereocenters. The maximum atomic E-state index is 13.5. The smallest absolute Gasteiger partial charge is 0.263 e. The van der Waals surface area contributed by atoms with E-state index >= 15 is 0 Å². The fraction of sp³-hybridized carbons (Fsp3) is 0.0357. The van der Waals surface area contributed by atoms with Gasteiger partial charge in [0.25, 0.3) is 10.0 Å². The van der Waals surface area contributed by atoms with Crippen molar-refractivity contribution in [3.05, 3.63) is 120 Å². The number of sulfonamides is 1. The minimum atomic E-state index is -3.91. The number of halogens is 1. The summed E-state index contributed by atoms with van der Waals surface area (Å²) in [6, 6.07) is 33.2. The Hall–Kier alpha value is -3.87. The SMILES string of the molecule is Cc1ccc(S(=O)(=O)Nc2c(-c3ccccc3)c(-c3ccccc3)nn2-c2ccc(Cl)cc2)cc1. The van der Waals surface area contributed by atoms with Crippen LogP contribution in [0.15, 0.2) is 114 Å². The van der Waals surface area contributed by atoms with Gasteiger partial charge >= 0.3 is 0 Å². The molecule has 0 saturated carbocycles. The zero-order valence-corrected chi connectivity index (χ0v) is 20.5. The van der Waals surface area contributed by atoms with Crippen LogP contribution >= 0.6 is 11.6 Å². The first kappa shape index (κ1) is 22.9. The van der Waals surface area contributed by atoms with Crippen molar-refractivity contribution < 1.29 is 8.42 Å². The van der Waals surface area contributed by atoms with Crippen LogP contribution in [0.4, 0.5) is 5.82 Å². The molecule has 5 rings (SSSR count). The van der Waals surface area contributed by atoms with Crippen molar-refractivity contribution in [3.63, 3.8) is 0 Å². The quantitative estimate of drug-likeness (QED) is 0.274. The molecule has 0 bridgehead atoms. The van der Waals surface area contributed by atoms with Gasteiger partial charge in [0.2, 0.25) is 0 Å². The van der Waals surface area contributed by atoms with Crippen LogP contribution < -0.4 is 4.72 Å². The second kappa shape index (κ2) is 9.41. The summed E-state index contributed by atoms with van der Waals surface area (Å²) in [5.41, 5.74) is 4.71. The van der Waals surface area contributed by atoms with Crippen molar-refractivity contribution in [3.8, 4) is 28.1 Å². The Balaban J connectivity index is 1.78. The Kier molecular flexibility index (Phi) is 6.16. The van der Waals surface area contributed by atoms with E-state index in [1.54, 1.807) is 41.1 Å². The zero-order chi connectivity index (χ0) is 24.4. The molecule has 7 heteroatoms. The van der Waals surface area contributed by atoms with E-state index < -0.39 is 10.0 Å². The summed E-state index contributed by atoms with van der Waals surface area (Å²) in [5.74, 6) is 0.345. The molecular formula is C28H22ClN3O2S. The summed E-state index contributed by atoms with van der Waals surface area (Å²) in [6.45, 7) is 1.92. The molecule has 174 valence electrons. The molecule has 0 atom stereocenters. The third-order valence-corrected chi connectivity index (χ3v) is 7.24. The topological polar surface area (TPSA) is 64.0 Å². The van der Waals surface area contributed by atoms with Gasteiger partial charge in [-0.25, -0.2) is 13.1 Å². The van der Waals surface area contributed by atoms with Crippen LogP contribution in [0.2, 0.25) is 5.02 Å². The molecule has 0 aliphatic carbocycles. The molecule has 1 heterocycles. The third-order valence-electron chi connectivity index (χ3n) is 5.63. The van der Waals surface area contributed by atoms with Crippen LogP contribution in [0.3, 0.4) is 0 Å². The number of anilines is 1. The van der Waals surface area contributed by atoms with E-state index in [-0.39, 0.29) is 4.90 Å². The molecule has 4 aromatic carbocycles. The maximum Gasteiger partial charge on any atom is 0.263 e. The van der Waals surface area contributed by atoms with Gasteiger partial charge in [0.15, 0.2) is 5.82 Å². The van der Waals surface area contributed by atoms with Crippen LogP contribution in [0, 0.1) is 6.92 Å². The number of benzene rings is 4. The summed E-state index contributed by atoms with van der Waals surface area (Å²) in [7, 11) is -3.91. The van der Waals surface area contributed by atoms with Gasteiger partial charge in [0, 0.05) is 10.6 Å². The monoisotopic (exact) mass is 499 g/mol. The van der Waals surface area contributed by atoms with Crippen LogP contribution in [-0.4, -0.2) is 18.2 Å². The normalized spacial score (nSPS) is 11.4. The zero-order valence-electron chi connectivity index (χ0n) is 18.9. The number of hydrogen-bond acceptors (Lipinski definition) is 3. The minimum absolute atomic E-state index is 0.173. The van der Waals surface area contributed by atoms with Crippen molar-refractivity contribution in [2.45, 2.75) is 11.8 Å². The van der Waals surface area contributed by atoms with Crippen molar-refractivity contribution in [2.24, 2.45) is 0 Å². The van der Waals surface area contributed by atoms with Gasteiger partial charge < -0.3 is 0 Å². The molecule has 0 fully saturated rings. The Morgan fingerprint density at radius 2 is 1.31 bits per heavy atom. The van der Waals surface area contributed by atoms with E-state index in [1.807, 2.05) is 79.7 Å². The van der Waals surface area contributed by atoms with Crippen molar-refractivity contribution in [1.29, 1.82) is 0 Å². The van der Waals surface area contributed by atoms with Gasteiger partial charge in [0.1, 0.15) is 5.69 Å². The summed E-state index contributed by atoms with van der Waals surface area (Å²) < 4.78 is 31.5. The lowest BCUT2D eigenvalue weighted by Crippen LogP contribution is -2.16. The molecule has 0 aliphatic heterocycles. The second-order valence-corrected chi connectivity index (χ2v) is 10.2. The minimum Gasteiger partial charge on any atom is -0.263 e. The molecule has 0 saturated heterocycles. The molecule has 0 aliphatic rings. The lowest BCUT2D eigenvalue weighted by atomic mass is 10.0. The highest BCUT2D eigenvalue weighted by Crippen LogP contribution is 2.40. The number of nitrogens with zero attached hydrogens (tertiary/aromatic N) is 2. The Labute approximate surface area is 209 Å². The molecule has 5 nitrogen and oxygen atoms in total. The summed E-state index contributed by atoms with van der Waals surface area (Å²) >= 11 is 6.13. The van der Waals surface area contributed by atoms with Crippen LogP contribution in [0.1, 0.15) is 5.56 Å². The van der Waals surface area contributed by atoms with Crippen LogP contribution in [0.5, 0.6) is 0 Å². The Morgan fingerprint density at radius 3 is 1.91 bits per heavy atom. The lowest BCUT2D eigenvalue weighted by Gasteiger charge is -2.13. The molecule has 1 aromatic heterocycles. The number of rotatable bonds is 6. The summed E-state index contributed by atoms with van der Waals surface area (Å²) in [5, 5.41) is 5.47. The van der Waals surface area contributed by atoms with Gasteiger partial charge in [-0.1, -0.05) is 90.0 Å². The molecule has 0 amide bonds. The maximum absolute atomic E-state index is 13.5. The average Bonchev–Trinajstić information content (AvgIpc) is 3.24. The summed E-state index contributed by atoms with van der Waals surface area (Å²) in [6.07, 6.45) is 0. The number of nitrogens with one attached hydrogen (secondary N) is 1. The van der Waals surface area contributed by atoms with E-state index in [0.29, 0.717) is 27.8 Å². The molecule has 5 aromatic rings. The fourth-order valence-electron chi connectivity index (χ4n) is 3.86. The van der Waals surface area contributed by atoms with Gasteiger partial charge in [-0.15, -0.1) is 0 Å². The Morgan fingerprint density at radius 1 is 0.743 bits per heavy atom. The molecule has 35 heavy (non-hydrogen) atoms. The van der Waals surface area contributed by atoms with Crippen LogP contribution in [-0.2, 0) is 10.0 Å². The number of aromatic nitrogens is 2. The molecule has 0 spiro atoms. The van der Waals surface area contributed by atoms with Crippen molar-refractivity contribution >= 4 is 27.4 Å². The highest BCUT2D eigenvalue weighted by atomic mass is 35.5. The fourth-order valence-corrected chi connectivity index (χ4v) is 5.04. The lowest BCUT2D eigenvalue weighted by molar-refractivity contribution is 0.600. The summed E-state index contributed by atoms with van der Waals surface area (Å²) in [4.78, 5) is 0.173. The van der Waals surface area contributed by atoms with Gasteiger partial charge in [-0.2, -0.15) is 5.10 Å². The van der Waals surface area contributed by atoms with Crippen molar-refractivity contribution in [2.75, 3.05) is 4.72 Å². The van der Waals surface area contributed by atoms with Gasteiger partial charge in [-0.3, -0.25) is 4.72 Å². The predicted molar refractivity (Wildman–Crippen MR) is 141 cm³/mol. The second-order valence-electron chi connectivity index (χ2n) is 8.11.